The highest BCUT2D eigenvalue weighted by molar-refractivity contribution is 8.19. The number of benzene rings is 2. The quantitative estimate of drug-likeness (QED) is 0.356. The number of ketones is 1. The van der Waals surface area contributed by atoms with Gasteiger partial charge in [0.2, 0.25) is 0 Å². The van der Waals surface area contributed by atoms with Crippen molar-refractivity contribution in [2.75, 3.05) is 37.5 Å². The molecule has 176 valence electrons. The van der Waals surface area contributed by atoms with Crippen LogP contribution in [-0.4, -0.2) is 55.0 Å². The molecule has 0 aromatic heterocycles. The Morgan fingerprint density at radius 3 is 2.59 bits per heavy atom. The lowest BCUT2D eigenvalue weighted by molar-refractivity contribution is -0.143. The Morgan fingerprint density at radius 1 is 1.15 bits per heavy atom. The fraction of sp³-hybridized carbons (Fsp3) is 0.250. The van der Waals surface area contributed by atoms with Gasteiger partial charge in [-0.2, -0.15) is 0 Å². The molecule has 0 aliphatic carbocycles. The van der Waals surface area contributed by atoms with E-state index in [1.54, 1.807) is 18.2 Å². The van der Waals surface area contributed by atoms with E-state index < -0.39 is 5.97 Å². The van der Waals surface area contributed by atoms with Crippen molar-refractivity contribution in [1.29, 1.82) is 0 Å². The summed E-state index contributed by atoms with van der Waals surface area (Å²) in [5.74, 6) is -0.951. The molecule has 0 bridgehead atoms. The molecule has 34 heavy (non-hydrogen) atoms. The van der Waals surface area contributed by atoms with Crippen LogP contribution in [-0.2, 0) is 14.3 Å². The third kappa shape index (κ3) is 4.55. The Morgan fingerprint density at radius 2 is 1.91 bits per heavy atom. The summed E-state index contributed by atoms with van der Waals surface area (Å²) in [6.07, 6.45) is 0. The zero-order chi connectivity index (χ0) is 24.4. The number of anilines is 2. The number of fused-ring (bicyclic) bond motifs is 1. The average molecular weight is 497 g/mol. The molecule has 1 N–H and O–H groups in total. The Labute approximate surface area is 206 Å². The summed E-state index contributed by atoms with van der Waals surface area (Å²) in [7, 11) is 3.19. The van der Waals surface area contributed by atoms with Gasteiger partial charge in [-0.05, 0) is 55.9 Å². The summed E-state index contributed by atoms with van der Waals surface area (Å²) in [6, 6.07) is 13.1. The van der Waals surface area contributed by atoms with Gasteiger partial charge in [-0.3, -0.25) is 19.3 Å². The number of para-hydroxylation sites is 1. The predicted molar refractivity (Wildman–Crippen MR) is 137 cm³/mol. The molecule has 2 aliphatic rings. The number of carbonyl (C=O) groups is 3. The first kappa shape index (κ1) is 23.9. The van der Waals surface area contributed by atoms with E-state index in [4.69, 9.17) is 9.73 Å². The maximum atomic E-state index is 13.5. The number of hydrogen-bond acceptors (Lipinski definition) is 9. The van der Waals surface area contributed by atoms with Crippen LogP contribution in [0.2, 0.25) is 0 Å². The van der Waals surface area contributed by atoms with Gasteiger partial charge in [0.25, 0.3) is 5.91 Å². The highest BCUT2D eigenvalue weighted by Gasteiger charge is 2.40. The summed E-state index contributed by atoms with van der Waals surface area (Å²) < 4.78 is 4.82. The number of rotatable bonds is 6. The van der Waals surface area contributed by atoms with Gasteiger partial charge < -0.3 is 15.0 Å². The summed E-state index contributed by atoms with van der Waals surface area (Å²) in [5, 5.41) is 4.36. The van der Waals surface area contributed by atoms with Gasteiger partial charge >= 0.3 is 5.97 Å². The molecule has 2 aromatic rings. The van der Waals surface area contributed by atoms with E-state index in [9.17, 15) is 14.4 Å². The number of thioether (sulfide) groups is 2. The second-order valence-electron chi connectivity index (χ2n) is 7.55. The minimum atomic E-state index is -0.548. The van der Waals surface area contributed by atoms with Crippen LogP contribution in [0, 0.1) is 0 Å². The second kappa shape index (κ2) is 9.94. The van der Waals surface area contributed by atoms with Gasteiger partial charge in [-0.15, -0.1) is 0 Å². The van der Waals surface area contributed by atoms with Crippen LogP contribution in [0.5, 0.6) is 0 Å². The number of Topliss-reactive ketones (excluding diaryl/α,β-unsaturated/α-hetero) is 1. The first-order valence-electron chi connectivity index (χ1n) is 10.6. The van der Waals surface area contributed by atoms with Crippen LogP contribution in [0.25, 0.3) is 0 Å². The van der Waals surface area contributed by atoms with Crippen LogP contribution in [0.4, 0.5) is 17.1 Å². The first-order chi connectivity index (χ1) is 16.3. The molecule has 1 amide bonds. The largest absolute Gasteiger partial charge is 0.468 e. The van der Waals surface area contributed by atoms with E-state index in [1.165, 1.54) is 42.5 Å². The molecule has 4 rings (SSSR count). The van der Waals surface area contributed by atoms with Crippen LogP contribution >= 0.6 is 23.5 Å². The van der Waals surface area contributed by atoms with E-state index in [1.807, 2.05) is 43.1 Å². The van der Waals surface area contributed by atoms with Crippen molar-refractivity contribution in [3.05, 3.63) is 58.0 Å². The molecule has 2 aliphatic heterocycles. The number of amides is 1. The number of ether oxygens (including phenoxy) is 1. The lowest BCUT2D eigenvalue weighted by Gasteiger charge is -2.16. The number of carbonyl (C=O) groups excluding carboxylic acids is 3. The van der Waals surface area contributed by atoms with Crippen molar-refractivity contribution in [3.8, 4) is 0 Å². The molecule has 2 aromatic carbocycles. The predicted octanol–water partition coefficient (Wildman–Crippen LogP) is 4.47. The third-order valence-corrected chi connectivity index (χ3v) is 7.73. The fourth-order valence-electron chi connectivity index (χ4n) is 3.54. The molecule has 8 nitrogen and oxygen atoms in total. The Kier molecular flexibility index (Phi) is 6.99. The summed E-state index contributed by atoms with van der Waals surface area (Å²) in [4.78, 5) is 47.1. The Bertz CT molecular complexity index is 1240. The fourth-order valence-corrected chi connectivity index (χ4v) is 5.87. The average Bonchev–Trinajstić information content (AvgIpc) is 3.31. The van der Waals surface area contributed by atoms with Gasteiger partial charge in [0.05, 0.1) is 29.2 Å². The van der Waals surface area contributed by atoms with Crippen molar-refractivity contribution >= 4 is 63.4 Å². The summed E-state index contributed by atoms with van der Waals surface area (Å²) in [5.41, 5.74) is 2.76. The molecule has 0 unspecified atom stereocenters. The molecular formula is C24H24N4O4S2. The number of aliphatic imine (C=N–C) groups is 1. The number of nitrogens with zero attached hydrogens (tertiary/aromatic N) is 3. The van der Waals surface area contributed by atoms with Crippen molar-refractivity contribution in [1.82, 2.24) is 4.90 Å². The van der Waals surface area contributed by atoms with E-state index in [0.29, 0.717) is 27.9 Å². The molecule has 0 spiro atoms. The standard InChI is InChI=1S/C24H24N4O4S2/c1-5-25-16-11-10-15(14(2)29)12-17(16)26-24-28(13-20(30)32-4)22(31)21(34-24)23-27(3)18-8-6-7-9-19(18)33-23/h6-12,25H,5,13H2,1-4H3. The Balaban J connectivity index is 1.80. The lowest BCUT2D eigenvalue weighted by Crippen LogP contribution is -2.35. The van der Waals surface area contributed by atoms with E-state index in [0.717, 1.165) is 21.3 Å². The molecular weight excluding hydrogens is 472 g/mol. The first-order valence-corrected chi connectivity index (χ1v) is 12.3. The normalized spacial score (nSPS) is 18.5. The van der Waals surface area contributed by atoms with Gasteiger partial charge in [-0.25, -0.2) is 4.99 Å². The van der Waals surface area contributed by atoms with Crippen molar-refractivity contribution in [3.63, 3.8) is 0 Å². The monoisotopic (exact) mass is 496 g/mol. The van der Waals surface area contributed by atoms with E-state index in [-0.39, 0.29) is 18.2 Å². The van der Waals surface area contributed by atoms with Crippen molar-refractivity contribution < 1.29 is 19.1 Å². The number of nitrogens with one attached hydrogen (secondary N) is 1. The van der Waals surface area contributed by atoms with Crippen molar-refractivity contribution in [2.45, 2.75) is 18.7 Å². The molecule has 1 fully saturated rings. The third-order valence-electron chi connectivity index (χ3n) is 5.30. The number of hydrogen-bond donors (Lipinski definition) is 1. The highest BCUT2D eigenvalue weighted by Crippen LogP contribution is 2.50. The van der Waals surface area contributed by atoms with Gasteiger partial charge in [0.15, 0.2) is 11.0 Å². The molecule has 10 heteroatoms. The second-order valence-corrected chi connectivity index (χ2v) is 9.55. The van der Waals surface area contributed by atoms with Gasteiger partial charge in [0.1, 0.15) is 11.4 Å². The number of methoxy groups -OCH3 is 1. The van der Waals surface area contributed by atoms with Gasteiger partial charge in [-0.1, -0.05) is 23.9 Å². The zero-order valence-corrected chi connectivity index (χ0v) is 20.9. The summed E-state index contributed by atoms with van der Waals surface area (Å²) in [6.45, 7) is 3.84. The maximum Gasteiger partial charge on any atom is 0.325 e. The minimum absolute atomic E-state index is 0.0874. The van der Waals surface area contributed by atoms with E-state index >= 15 is 0 Å². The van der Waals surface area contributed by atoms with Crippen LogP contribution in [0.3, 0.4) is 0 Å². The molecule has 0 radical (unpaired) electrons. The number of amidine groups is 1. The van der Waals surface area contributed by atoms with Crippen molar-refractivity contribution in [2.24, 2.45) is 4.99 Å². The molecule has 0 atom stereocenters. The van der Waals surface area contributed by atoms with E-state index in [2.05, 4.69) is 5.32 Å². The molecule has 0 saturated carbocycles. The lowest BCUT2D eigenvalue weighted by atomic mass is 10.1. The molecule has 1 saturated heterocycles. The Hall–Kier alpha value is -3.24. The smallest absolute Gasteiger partial charge is 0.325 e. The SMILES string of the molecule is CCNc1ccc(C(C)=O)cc1N=C1SC(=C2Sc3ccccc3N2C)C(=O)N1CC(=O)OC. The molecule has 2 heterocycles. The minimum Gasteiger partial charge on any atom is -0.468 e. The topological polar surface area (TPSA) is 91.3 Å². The zero-order valence-electron chi connectivity index (χ0n) is 19.2. The van der Waals surface area contributed by atoms with Crippen LogP contribution in [0.1, 0.15) is 24.2 Å². The highest BCUT2D eigenvalue weighted by atomic mass is 32.2. The van der Waals surface area contributed by atoms with Crippen LogP contribution < -0.4 is 10.2 Å². The van der Waals surface area contributed by atoms with Crippen LogP contribution in [0.15, 0.2) is 62.3 Å². The summed E-state index contributed by atoms with van der Waals surface area (Å²) >= 11 is 2.72. The van der Waals surface area contributed by atoms with Gasteiger partial charge in [0, 0.05) is 24.1 Å². The number of esters is 1. The maximum absolute atomic E-state index is 13.5.